The van der Waals surface area contributed by atoms with Crippen LogP contribution in [0.4, 0.5) is 0 Å². The molecule has 0 aromatic carbocycles. The van der Waals surface area contributed by atoms with Crippen molar-refractivity contribution in [3.63, 3.8) is 0 Å². The van der Waals surface area contributed by atoms with Crippen molar-refractivity contribution in [3.05, 3.63) is 22.9 Å². The Labute approximate surface area is 122 Å². The largest absolute Gasteiger partial charge is 0.328 e. The molecule has 0 aliphatic heterocycles. The van der Waals surface area contributed by atoms with Crippen molar-refractivity contribution < 1.29 is 0 Å². The van der Waals surface area contributed by atoms with Gasteiger partial charge in [-0.2, -0.15) is 0 Å². The minimum atomic E-state index is 0.124. The van der Waals surface area contributed by atoms with Crippen LogP contribution in [-0.4, -0.2) is 21.7 Å². The summed E-state index contributed by atoms with van der Waals surface area (Å²) in [6.45, 7) is 8.03. The Hall–Kier alpha value is -1.03. The summed E-state index contributed by atoms with van der Waals surface area (Å²) in [5.74, 6) is 0.720. The maximum absolute atomic E-state index is 12.3. The molecule has 2 rings (SSSR count). The maximum Gasteiger partial charge on any atom is 0.328 e. The molecular weight excluding hydrogens is 250 g/mol. The summed E-state index contributed by atoms with van der Waals surface area (Å²) >= 11 is 0. The predicted molar refractivity (Wildman–Crippen MR) is 83.1 cm³/mol. The second-order valence-corrected chi connectivity index (χ2v) is 6.30. The zero-order chi connectivity index (χ0) is 14.5. The SMILES string of the molecule is CCNC(Cn1ccn(C(C)C)c1=O)C1CCCCC1. The summed E-state index contributed by atoms with van der Waals surface area (Å²) in [5, 5.41) is 3.60. The molecule has 1 saturated carbocycles. The van der Waals surface area contributed by atoms with Crippen molar-refractivity contribution in [2.24, 2.45) is 5.92 Å². The highest BCUT2D eigenvalue weighted by Crippen LogP contribution is 2.27. The van der Waals surface area contributed by atoms with Gasteiger partial charge in [0.15, 0.2) is 0 Å². The Morgan fingerprint density at radius 3 is 2.50 bits per heavy atom. The zero-order valence-electron chi connectivity index (χ0n) is 13.1. The molecule has 1 aromatic rings. The van der Waals surface area contributed by atoms with Gasteiger partial charge in [0, 0.05) is 31.0 Å². The fraction of sp³-hybridized carbons (Fsp3) is 0.812. The molecule has 20 heavy (non-hydrogen) atoms. The molecule has 4 nitrogen and oxygen atoms in total. The van der Waals surface area contributed by atoms with Crippen molar-refractivity contribution in [2.75, 3.05) is 6.54 Å². The van der Waals surface area contributed by atoms with Gasteiger partial charge in [-0.3, -0.25) is 9.13 Å². The molecule has 0 amide bonds. The van der Waals surface area contributed by atoms with E-state index >= 15 is 0 Å². The van der Waals surface area contributed by atoms with Gasteiger partial charge in [0.25, 0.3) is 0 Å². The molecule has 0 radical (unpaired) electrons. The Kier molecular flexibility index (Phi) is 5.46. The van der Waals surface area contributed by atoms with Crippen LogP contribution in [0.5, 0.6) is 0 Å². The Morgan fingerprint density at radius 2 is 1.95 bits per heavy atom. The highest BCUT2D eigenvalue weighted by molar-refractivity contribution is 4.87. The number of aromatic nitrogens is 2. The van der Waals surface area contributed by atoms with E-state index < -0.39 is 0 Å². The first kappa shape index (κ1) is 15.4. The van der Waals surface area contributed by atoms with Crippen molar-refractivity contribution in [3.8, 4) is 0 Å². The van der Waals surface area contributed by atoms with Gasteiger partial charge in [-0.05, 0) is 39.2 Å². The van der Waals surface area contributed by atoms with E-state index in [1.54, 1.807) is 0 Å². The minimum absolute atomic E-state index is 0.124. The van der Waals surface area contributed by atoms with E-state index in [9.17, 15) is 4.79 Å². The second-order valence-electron chi connectivity index (χ2n) is 6.30. The lowest BCUT2D eigenvalue weighted by molar-refractivity contribution is 0.248. The van der Waals surface area contributed by atoms with Crippen molar-refractivity contribution in [1.82, 2.24) is 14.5 Å². The van der Waals surface area contributed by atoms with E-state index in [-0.39, 0.29) is 11.7 Å². The Balaban J connectivity index is 2.09. The Morgan fingerprint density at radius 1 is 1.25 bits per heavy atom. The first-order valence-electron chi connectivity index (χ1n) is 8.14. The molecule has 1 heterocycles. The average Bonchev–Trinajstić information content (AvgIpc) is 2.81. The molecule has 0 saturated heterocycles. The third kappa shape index (κ3) is 3.54. The fourth-order valence-corrected chi connectivity index (χ4v) is 3.35. The predicted octanol–water partition coefficient (Wildman–Crippen LogP) is 2.79. The van der Waals surface area contributed by atoms with Crippen LogP contribution in [0.25, 0.3) is 0 Å². The van der Waals surface area contributed by atoms with Crippen LogP contribution in [0.2, 0.25) is 0 Å². The summed E-state index contributed by atoms with van der Waals surface area (Å²) < 4.78 is 3.69. The van der Waals surface area contributed by atoms with Crippen LogP contribution in [0.3, 0.4) is 0 Å². The second kappa shape index (κ2) is 7.11. The number of likely N-dealkylation sites (N-methyl/N-ethyl adjacent to an activating group) is 1. The molecule has 1 aromatic heterocycles. The summed E-state index contributed by atoms with van der Waals surface area (Å²) in [5.41, 5.74) is 0.124. The van der Waals surface area contributed by atoms with Crippen LogP contribution in [0.15, 0.2) is 17.2 Å². The highest BCUT2D eigenvalue weighted by Gasteiger charge is 2.24. The van der Waals surface area contributed by atoms with Crippen LogP contribution in [0, 0.1) is 5.92 Å². The smallest absolute Gasteiger partial charge is 0.312 e. The number of hydrogen-bond donors (Lipinski definition) is 1. The minimum Gasteiger partial charge on any atom is -0.312 e. The van der Waals surface area contributed by atoms with Crippen LogP contribution < -0.4 is 11.0 Å². The monoisotopic (exact) mass is 279 g/mol. The van der Waals surface area contributed by atoms with Crippen LogP contribution in [-0.2, 0) is 6.54 Å². The third-order valence-electron chi connectivity index (χ3n) is 4.51. The number of nitrogens with one attached hydrogen (secondary N) is 1. The highest BCUT2D eigenvalue weighted by atomic mass is 16.1. The van der Waals surface area contributed by atoms with Gasteiger partial charge in [-0.1, -0.05) is 26.2 Å². The quantitative estimate of drug-likeness (QED) is 0.869. The molecule has 114 valence electrons. The van der Waals surface area contributed by atoms with Gasteiger partial charge < -0.3 is 5.32 Å². The summed E-state index contributed by atoms with van der Waals surface area (Å²) in [7, 11) is 0. The van der Waals surface area contributed by atoms with E-state index in [1.165, 1.54) is 32.1 Å². The molecule has 0 bridgehead atoms. The van der Waals surface area contributed by atoms with Gasteiger partial charge in [0.1, 0.15) is 0 Å². The molecule has 1 N–H and O–H groups in total. The van der Waals surface area contributed by atoms with Crippen LogP contribution >= 0.6 is 0 Å². The van der Waals surface area contributed by atoms with Gasteiger partial charge in [0.2, 0.25) is 0 Å². The van der Waals surface area contributed by atoms with E-state index in [1.807, 2.05) is 21.5 Å². The van der Waals surface area contributed by atoms with Gasteiger partial charge in [0.05, 0.1) is 0 Å². The topological polar surface area (TPSA) is 39.0 Å². The first-order chi connectivity index (χ1) is 9.63. The molecule has 0 spiro atoms. The van der Waals surface area contributed by atoms with E-state index in [0.29, 0.717) is 6.04 Å². The lowest BCUT2D eigenvalue weighted by atomic mass is 9.84. The van der Waals surface area contributed by atoms with Crippen molar-refractivity contribution in [2.45, 2.75) is 71.5 Å². The van der Waals surface area contributed by atoms with E-state index in [4.69, 9.17) is 0 Å². The molecule has 1 atom stereocenters. The third-order valence-corrected chi connectivity index (χ3v) is 4.51. The Bertz CT molecular complexity index is 455. The molecule has 1 aliphatic carbocycles. The van der Waals surface area contributed by atoms with Gasteiger partial charge >= 0.3 is 5.69 Å². The number of imidazole rings is 1. The average molecular weight is 279 g/mol. The summed E-state index contributed by atoms with van der Waals surface area (Å²) in [6, 6.07) is 0.664. The molecule has 4 heteroatoms. The first-order valence-corrected chi connectivity index (χ1v) is 8.14. The van der Waals surface area contributed by atoms with E-state index in [0.717, 1.165) is 19.0 Å². The molecule has 1 unspecified atom stereocenters. The van der Waals surface area contributed by atoms with E-state index in [2.05, 4.69) is 26.1 Å². The fourth-order valence-electron chi connectivity index (χ4n) is 3.35. The number of hydrogen-bond acceptors (Lipinski definition) is 2. The lowest BCUT2D eigenvalue weighted by Crippen LogP contribution is -2.42. The van der Waals surface area contributed by atoms with Crippen molar-refractivity contribution in [1.29, 1.82) is 0 Å². The van der Waals surface area contributed by atoms with Crippen molar-refractivity contribution >= 4 is 0 Å². The maximum atomic E-state index is 12.3. The summed E-state index contributed by atoms with van der Waals surface area (Å²) in [6.07, 6.45) is 10.5. The van der Waals surface area contributed by atoms with Gasteiger partial charge in [-0.25, -0.2) is 4.79 Å². The lowest BCUT2D eigenvalue weighted by Gasteiger charge is -2.31. The molecule has 1 aliphatic rings. The zero-order valence-corrected chi connectivity index (χ0v) is 13.1. The normalized spacial score (nSPS) is 18.6. The summed E-state index contributed by atoms with van der Waals surface area (Å²) in [4.78, 5) is 12.3. The van der Waals surface area contributed by atoms with Crippen LogP contribution in [0.1, 0.15) is 58.9 Å². The number of nitrogens with zero attached hydrogens (tertiary/aromatic N) is 2. The number of rotatable bonds is 6. The molecule has 1 fully saturated rings. The molecular formula is C16H29N3O. The van der Waals surface area contributed by atoms with Gasteiger partial charge in [-0.15, -0.1) is 0 Å². The standard InChI is InChI=1S/C16H29N3O/c1-4-17-15(14-8-6-5-7-9-14)12-18-10-11-19(13(2)3)16(18)20/h10-11,13-15,17H,4-9,12H2,1-3H3.